The largest absolute Gasteiger partial charge is 0.341 e. The predicted octanol–water partition coefficient (Wildman–Crippen LogP) is 4.24. The van der Waals surface area contributed by atoms with E-state index in [0.717, 1.165) is 33.3 Å². The summed E-state index contributed by atoms with van der Waals surface area (Å²) in [6, 6.07) is 4.01. The summed E-state index contributed by atoms with van der Waals surface area (Å²) in [6.07, 6.45) is 3.68. The zero-order valence-electron chi connectivity index (χ0n) is 12.1. The summed E-state index contributed by atoms with van der Waals surface area (Å²) in [5, 5.41) is 0. The first-order valence-corrected chi connectivity index (χ1v) is 7.50. The third-order valence-corrected chi connectivity index (χ3v) is 3.52. The Hall–Kier alpha value is -2.01. The van der Waals surface area contributed by atoms with Crippen LogP contribution in [0.5, 0.6) is 0 Å². The third kappa shape index (κ3) is 2.93. The maximum absolute atomic E-state index is 4.63. The molecule has 0 saturated carbocycles. The van der Waals surface area contributed by atoms with Gasteiger partial charge in [-0.25, -0.2) is 4.98 Å². The Labute approximate surface area is 123 Å². The molecule has 0 spiro atoms. The number of nitrogens with one attached hydrogen (secondary N) is 1. The van der Waals surface area contributed by atoms with Crippen LogP contribution in [0.2, 0.25) is 0 Å². The quantitative estimate of drug-likeness (QED) is 0.766. The summed E-state index contributed by atoms with van der Waals surface area (Å²) < 4.78 is 0. The van der Waals surface area contributed by atoms with Crippen LogP contribution in [-0.2, 0) is 0 Å². The number of thiazole rings is 1. The average molecular weight is 286 g/mol. The molecular weight excluding hydrogens is 268 g/mol. The van der Waals surface area contributed by atoms with E-state index in [1.54, 1.807) is 11.3 Å². The lowest BCUT2D eigenvalue weighted by Gasteiger charge is -1.96. The molecule has 3 rings (SSSR count). The summed E-state index contributed by atoms with van der Waals surface area (Å²) in [7, 11) is 0. The van der Waals surface area contributed by atoms with Crippen LogP contribution >= 0.6 is 11.3 Å². The molecule has 0 atom stereocenters. The van der Waals surface area contributed by atoms with E-state index in [0.29, 0.717) is 0 Å². The molecular formula is C15H18N4S. The van der Waals surface area contributed by atoms with Crippen LogP contribution < -0.4 is 0 Å². The molecule has 4 nitrogen and oxygen atoms in total. The first-order valence-electron chi connectivity index (χ1n) is 6.62. The molecule has 3 heterocycles. The highest BCUT2D eigenvalue weighted by molar-refractivity contribution is 7.13. The molecule has 0 unspecified atom stereocenters. The number of imidazole rings is 1. The van der Waals surface area contributed by atoms with Crippen LogP contribution in [0.4, 0.5) is 0 Å². The van der Waals surface area contributed by atoms with Crippen molar-refractivity contribution in [1.82, 2.24) is 19.9 Å². The second-order valence-electron chi connectivity index (χ2n) is 4.11. The van der Waals surface area contributed by atoms with Crippen LogP contribution in [0.25, 0.3) is 22.0 Å². The van der Waals surface area contributed by atoms with Gasteiger partial charge in [-0.3, -0.25) is 9.97 Å². The highest BCUT2D eigenvalue weighted by Gasteiger charge is 2.11. The van der Waals surface area contributed by atoms with Gasteiger partial charge < -0.3 is 4.98 Å². The Morgan fingerprint density at radius 1 is 1.10 bits per heavy atom. The summed E-state index contributed by atoms with van der Waals surface area (Å²) >= 11 is 1.59. The number of aryl methyl sites for hydroxylation is 2. The normalized spacial score (nSPS) is 10.0. The lowest BCUT2D eigenvalue weighted by Crippen LogP contribution is -1.84. The molecule has 20 heavy (non-hydrogen) atoms. The minimum Gasteiger partial charge on any atom is -0.341 e. The average Bonchev–Trinajstić information content (AvgIpc) is 3.11. The van der Waals surface area contributed by atoms with Crippen molar-refractivity contribution < 1.29 is 0 Å². The van der Waals surface area contributed by atoms with Crippen molar-refractivity contribution in [1.29, 1.82) is 0 Å². The minimum absolute atomic E-state index is 0.850. The summed E-state index contributed by atoms with van der Waals surface area (Å²) in [6.45, 7) is 7.99. The van der Waals surface area contributed by atoms with Crippen LogP contribution in [0.15, 0.2) is 30.0 Å². The zero-order valence-corrected chi connectivity index (χ0v) is 13.0. The SMILES string of the molecule is CC.Cc1ccc(-c2nc(-c3cncs3)c(C)[nH]2)cn1. The molecule has 5 heteroatoms. The van der Waals surface area contributed by atoms with E-state index in [1.165, 1.54) is 0 Å². The van der Waals surface area contributed by atoms with Crippen molar-refractivity contribution in [2.75, 3.05) is 0 Å². The first-order chi connectivity index (χ1) is 9.74. The Morgan fingerprint density at radius 3 is 2.50 bits per heavy atom. The van der Waals surface area contributed by atoms with Crippen LogP contribution in [0, 0.1) is 13.8 Å². The maximum Gasteiger partial charge on any atom is 0.139 e. The van der Waals surface area contributed by atoms with E-state index in [4.69, 9.17) is 0 Å². The van der Waals surface area contributed by atoms with Gasteiger partial charge in [-0.05, 0) is 26.0 Å². The van der Waals surface area contributed by atoms with E-state index in [1.807, 2.05) is 57.7 Å². The Morgan fingerprint density at radius 2 is 1.90 bits per heavy atom. The molecule has 3 aromatic rings. The first kappa shape index (κ1) is 14.4. The van der Waals surface area contributed by atoms with Crippen molar-refractivity contribution in [3.63, 3.8) is 0 Å². The second-order valence-corrected chi connectivity index (χ2v) is 5.00. The number of aromatic nitrogens is 4. The number of aromatic amines is 1. The Bertz CT molecular complexity index is 654. The van der Waals surface area contributed by atoms with Crippen LogP contribution in [-0.4, -0.2) is 19.9 Å². The number of nitrogens with zero attached hydrogens (tertiary/aromatic N) is 3. The van der Waals surface area contributed by atoms with E-state index in [2.05, 4.69) is 19.9 Å². The van der Waals surface area contributed by atoms with Gasteiger partial charge in [0.05, 0.1) is 10.4 Å². The number of H-pyrrole nitrogens is 1. The topological polar surface area (TPSA) is 54.5 Å². The Kier molecular flexibility index (Phi) is 4.63. The number of hydrogen-bond acceptors (Lipinski definition) is 4. The molecule has 0 aliphatic rings. The van der Waals surface area contributed by atoms with Crippen molar-refractivity contribution in [3.05, 3.63) is 41.4 Å². The molecule has 0 aromatic carbocycles. The third-order valence-electron chi connectivity index (χ3n) is 2.74. The van der Waals surface area contributed by atoms with E-state index < -0.39 is 0 Å². The van der Waals surface area contributed by atoms with Gasteiger partial charge in [0, 0.05) is 29.3 Å². The maximum atomic E-state index is 4.63. The monoisotopic (exact) mass is 286 g/mol. The standard InChI is InChI=1S/C13H12N4S.C2H6/c1-8-3-4-10(5-15-8)13-16-9(2)12(17-13)11-6-14-7-18-11;1-2/h3-7H,1-2H3,(H,16,17);1-2H3. The fourth-order valence-electron chi connectivity index (χ4n) is 1.78. The molecule has 0 fully saturated rings. The lowest BCUT2D eigenvalue weighted by atomic mass is 10.2. The summed E-state index contributed by atoms with van der Waals surface area (Å²) in [5.74, 6) is 0.850. The van der Waals surface area contributed by atoms with Gasteiger partial charge in [0.1, 0.15) is 11.5 Å². The Balaban J connectivity index is 0.000000704. The highest BCUT2D eigenvalue weighted by Crippen LogP contribution is 2.27. The van der Waals surface area contributed by atoms with Crippen molar-refractivity contribution in [2.24, 2.45) is 0 Å². The van der Waals surface area contributed by atoms with Crippen molar-refractivity contribution in [3.8, 4) is 22.0 Å². The fourth-order valence-corrected chi connectivity index (χ4v) is 2.44. The summed E-state index contributed by atoms with van der Waals surface area (Å²) in [5.41, 5.74) is 5.84. The predicted molar refractivity (Wildman–Crippen MR) is 83.7 cm³/mol. The smallest absolute Gasteiger partial charge is 0.139 e. The molecule has 0 bridgehead atoms. The minimum atomic E-state index is 0.850. The van der Waals surface area contributed by atoms with Gasteiger partial charge in [-0.15, -0.1) is 11.3 Å². The van der Waals surface area contributed by atoms with Gasteiger partial charge in [0.2, 0.25) is 0 Å². The van der Waals surface area contributed by atoms with Crippen LogP contribution in [0.1, 0.15) is 25.2 Å². The van der Waals surface area contributed by atoms with E-state index in [-0.39, 0.29) is 0 Å². The molecule has 104 valence electrons. The molecule has 0 aliphatic carbocycles. The van der Waals surface area contributed by atoms with Gasteiger partial charge in [-0.2, -0.15) is 0 Å². The highest BCUT2D eigenvalue weighted by atomic mass is 32.1. The zero-order chi connectivity index (χ0) is 14.5. The van der Waals surface area contributed by atoms with Crippen molar-refractivity contribution >= 4 is 11.3 Å². The van der Waals surface area contributed by atoms with Gasteiger partial charge in [-0.1, -0.05) is 13.8 Å². The molecule has 0 aliphatic heterocycles. The molecule has 0 saturated heterocycles. The van der Waals surface area contributed by atoms with E-state index in [9.17, 15) is 0 Å². The number of hydrogen-bond donors (Lipinski definition) is 1. The van der Waals surface area contributed by atoms with E-state index >= 15 is 0 Å². The van der Waals surface area contributed by atoms with Gasteiger partial charge in [0.25, 0.3) is 0 Å². The molecule has 0 radical (unpaired) electrons. The second kappa shape index (κ2) is 6.43. The fraction of sp³-hybridized carbons (Fsp3) is 0.267. The molecule has 0 amide bonds. The molecule has 3 aromatic heterocycles. The van der Waals surface area contributed by atoms with Gasteiger partial charge in [0.15, 0.2) is 0 Å². The van der Waals surface area contributed by atoms with Crippen LogP contribution in [0.3, 0.4) is 0 Å². The van der Waals surface area contributed by atoms with Crippen molar-refractivity contribution in [2.45, 2.75) is 27.7 Å². The molecule has 1 N–H and O–H groups in total. The number of rotatable bonds is 2. The number of pyridine rings is 1. The summed E-state index contributed by atoms with van der Waals surface area (Å²) in [4.78, 5) is 17.4. The lowest BCUT2D eigenvalue weighted by molar-refractivity contribution is 1.18. The van der Waals surface area contributed by atoms with Gasteiger partial charge >= 0.3 is 0 Å².